The first-order valence-corrected chi connectivity index (χ1v) is 5.67. The number of amides is 1. The van der Waals surface area contributed by atoms with Gasteiger partial charge in [-0.3, -0.25) is 4.79 Å². The number of aromatic amines is 1. The summed E-state index contributed by atoms with van der Waals surface area (Å²) >= 11 is 0. The summed E-state index contributed by atoms with van der Waals surface area (Å²) in [5.41, 5.74) is 6.95. The minimum absolute atomic E-state index is 0.0990. The van der Waals surface area contributed by atoms with Gasteiger partial charge in [0.1, 0.15) is 5.82 Å². The molecule has 2 aromatic heterocycles. The minimum atomic E-state index is -0.643. The number of hydrogen-bond acceptors (Lipinski definition) is 2. The zero-order valence-corrected chi connectivity index (χ0v) is 10.1. The molecule has 0 unspecified atom stereocenters. The van der Waals surface area contributed by atoms with E-state index in [0.29, 0.717) is 11.3 Å². The number of H-pyrrole nitrogens is 1. The van der Waals surface area contributed by atoms with Crippen LogP contribution in [0, 0.1) is 5.82 Å². The van der Waals surface area contributed by atoms with Crippen molar-refractivity contribution in [2.24, 2.45) is 12.8 Å². The van der Waals surface area contributed by atoms with Crippen molar-refractivity contribution in [2.75, 3.05) is 0 Å². The number of nitrogens with one attached hydrogen (secondary N) is 1. The third kappa shape index (κ3) is 1.61. The summed E-state index contributed by atoms with van der Waals surface area (Å²) in [7, 11) is 1.63. The van der Waals surface area contributed by atoms with Crippen LogP contribution in [0.1, 0.15) is 10.6 Å². The molecule has 0 saturated carbocycles. The monoisotopic (exact) mass is 258 g/mol. The molecule has 0 aliphatic carbocycles. The van der Waals surface area contributed by atoms with E-state index < -0.39 is 5.91 Å². The highest BCUT2D eigenvalue weighted by Crippen LogP contribution is 2.31. The maximum atomic E-state index is 14.1. The van der Waals surface area contributed by atoms with E-state index in [9.17, 15) is 9.18 Å². The number of aromatic nitrogens is 3. The maximum Gasteiger partial charge on any atom is 0.284 e. The Hall–Kier alpha value is -2.63. The minimum Gasteiger partial charge on any atom is -0.363 e. The van der Waals surface area contributed by atoms with Crippen LogP contribution >= 0.6 is 0 Å². The van der Waals surface area contributed by atoms with Crippen molar-refractivity contribution in [1.82, 2.24) is 14.5 Å². The van der Waals surface area contributed by atoms with Gasteiger partial charge in [0.25, 0.3) is 5.91 Å². The zero-order chi connectivity index (χ0) is 13.6. The number of rotatable bonds is 2. The van der Waals surface area contributed by atoms with Gasteiger partial charge in [0.15, 0.2) is 5.82 Å². The van der Waals surface area contributed by atoms with Crippen molar-refractivity contribution in [3.63, 3.8) is 0 Å². The fourth-order valence-electron chi connectivity index (χ4n) is 2.24. The number of fused-ring (bicyclic) bond motifs is 1. The van der Waals surface area contributed by atoms with Crippen LogP contribution in [0.4, 0.5) is 4.39 Å². The Bertz CT molecular complexity index is 787. The van der Waals surface area contributed by atoms with Crippen LogP contribution in [-0.2, 0) is 7.05 Å². The van der Waals surface area contributed by atoms with Crippen molar-refractivity contribution in [3.05, 3.63) is 42.2 Å². The largest absolute Gasteiger partial charge is 0.363 e. The lowest BCUT2D eigenvalue weighted by Gasteiger charge is -2.07. The highest BCUT2D eigenvalue weighted by molar-refractivity contribution is 5.96. The van der Waals surface area contributed by atoms with Gasteiger partial charge in [0.05, 0.1) is 11.9 Å². The summed E-state index contributed by atoms with van der Waals surface area (Å²) in [5.74, 6) is -0.913. The number of carbonyl (C=O) groups excluding carboxylic acids is 1. The SMILES string of the molecule is Cn1c(-c2c(F)ccc3[nH]ccc23)cnc1C(N)=O. The van der Waals surface area contributed by atoms with Gasteiger partial charge in [-0.25, -0.2) is 9.37 Å². The maximum absolute atomic E-state index is 14.1. The van der Waals surface area contributed by atoms with Crippen molar-refractivity contribution in [3.8, 4) is 11.3 Å². The summed E-state index contributed by atoms with van der Waals surface area (Å²) in [4.78, 5) is 18.2. The average molecular weight is 258 g/mol. The third-order valence-electron chi connectivity index (χ3n) is 3.15. The molecular formula is C13H11FN4O. The van der Waals surface area contributed by atoms with E-state index in [1.54, 1.807) is 25.4 Å². The molecule has 3 aromatic rings. The Balaban J connectivity index is 2.33. The second-order valence-corrected chi connectivity index (χ2v) is 4.25. The lowest BCUT2D eigenvalue weighted by Crippen LogP contribution is -2.16. The molecule has 6 heteroatoms. The number of benzene rings is 1. The summed E-state index contributed by atoms with van der Waals surface area (Å²) < 4.78 is 15.6. The fourth-order valence-corrected chi connectivity index (χ4v) is 2.24. The Morgan fingerprint density at radius 1 is 1.42 bits per heavy atom. The Kier molecular flexibility index (Phi) is 2.38. The molecule has 3 rings (SSSR count). The van der Waals surface area contributed by atoms with Gasteiger partial charge in [0.2, 0.25) is 0 Å². The van der Waals surface area contributed by atoms with E-state index in [1.807, 2.05) is 0 Å². The fraction of sp³-hybridized carbons (Fsp3) is 0.0769. The van der Waals surface area contributed by atoms with Gasteiger partial charge in [0, 0.05) is 29.7 Å². The highest BCUT2D eigenvalue weighted by atomic mass is 19.1. The number of carbonyl (C=O) groups is 1. The average Bonchev–Trinajstić information content (AvgIpc) is 2.96. The molecule has 3 N–H and O–H groups in total. The molecule has 96 valence electrons. The molecule has 2 heterocycles. The van der Waals surface area contributed by atoms with E-state index in [0.717, 1.165) is 10.9 Å². The number of nitrogens with zero attached hydrogens (tertiary/aromatic N) is 2. The Labute approximate surface area is 107 Å². The summed E-state index contributed by atoms with van der Waals surface area (Å²) in [5, 5.41) is 0.735. The molecule has 0 saturated heterocycles. The normalized spacial score (nSPS) is 11.1. The van der Waals surface area contributed by atoms with Crippen LogP contribution in [0.2, 0.25) is 0 Å². The number of nitrogens with two attached hydrogens (primary N) is 1. The highest BCUT2D eigenvalue weighted by Gasteiger charge is 2.18. The molecule has 0 radical (unpaired) electrons. The second kappa shape index (κ2) is 3.94. The smallest absolute Gasteiger partial charge is 0.284 e. The van der Waals surface area contributed by atoms with Gasteiger partial charge in [-0.05, 0) is 18.2 Å². The van der Waals surface area contributed by atoms with Crippen molar-refractivity contribution >= 4 is 16.8 Å². The Morgan fingerprint density at radius 2 is 2.21 bits per heavy atom. The van der Waals surface area contributed by atoms with Crippen LogP contribution in [0.25, 0.3) is 22.2 Å². The summed E-state index contributed by atoms with van der Waals surface area (Å²) in [6.07, 6.45) is 3.18. The van der Waals surface area contributed by atoms with Gasteiger partial charge < -0.3 is 15.3 Å². The molecule has 0 bridgehead atoms. The zero-order valence-electron chi connectivity index (χ0n) is 10.1. The molecule has 0 fully saturated rings. The lowest BCUT2D eigenvalue weighted by atomic mass is 10.1. The molecule has 0 atom stereocenters. The van der Waals surface area contributed by atoms with E-state index in [4.69, 9.17) is 5.73 Å². The van der Waals surface area contributed by atoms with Gasteiger partial charge in [-0.2, -0.15) is 0 Å². The first kappa shape index (κ1) is 11.5. The van der Waals surface area contributed by atoms with Gasteiger partial charge in [-0.15, -0.1) is 0 Å². The van der Waals surface area contributed by atoms with Gasteiger partial charge >= 0.3 is 0 Å². The van der Waals surface area contributed by atoms with E-state index in [-0.39, 0.29) is 11.6 Å². The number of hydrogen-bond donors (Lipinski definition) is 2. The number of primary amides is 1. The third-order valence-corrected chi connectivity index (χ3v) is 3.15. The van der Waals surface area contributed by atoms with E-state index in [1.165, 1.54) is 16.8 Å². The van der Waals surface area contributed by atoms with Crippen LogP contribution < -0.4 is 5.73 Å². The van der Waals surface area contributed by atoms with Gasteiger partial charge in [-0.1, -0.05) is 0 Å². The van der Waals surface area contributed by atoms with Crippen molar-refractivity contribution in [2.45, 2.75) is 0 Å². The second-order valence-electron chi connectivity index (χ2n) is 4.25. The quantitative estimate of drug-likeness (QED) is 0.735. The molecule has 0 spiro atoms. The number of halogens is 1. The summed E-state index contributed by atoms with van der Waals surface area (Å²) in [6.45, 7) is 0. The Morgan fingerprint density at radius 3 is 2.89 bits per heavy atom. The molecule has 5 nitrogen and oxygen atoms in total. The first-order chi connectivity index (χ1) is 9.09. The van der Waals surface area contributed by atoms with Crippen LogP contribution in [0.15, 0.2) is 30.6 Å². The predicted octanol–water partition coefficient (Wildman–Crippen LogP) is 1.81. The molecule has 0 aliphatic rings. The van der Waals surface area contributed by atoms with Crippen LogP contribution in [0.3, 0.4) is 0 Å². The van der Waals surface area contributed by atoms with Crippen LogP contribution in [-0.4, -0.2) is 20.4 Å². The molecule has 1 amide bonds. The van der Waals surface area contributed by atoms with Crippen molar-refractivity contribution in [1.29, 1.82) is 0 Å². The number of imidazole rings is 1. The standard InChI is InChI=1S/C13H11FN4O/c1-18-10(6-17-13(18)12(15)19)11-7-4-5-16-9(7)3-2-8(11)14/h2-6,16H,1H3,(H2,15,19). The molecular weight excluding hydrogens is 247 g/mol. The lowest BCUT2D eigenvalue weighted by molar-refractivity contribution is 0.0987. The molecule has 19 heavy (non-hydrogen) atoms. The van der Waals surface area contributed by atoms with E-state index in [2.05, 4.69) is 9.97 Å². The van der Waals surface area contributed by atoms with E-state index >= 15 is 0 Å². The molecule has 1 aromatic carbocycles. The first-order valence-electron chi connectivity index (χ1n) is 5.67. The van der Waals surface area contributed by atoms with Crippen molar-refractivity contribution < 1.29 is 9.18 Å². The topological polar surface area (TPSA) is 76.7 Å². The van der Waals surface area contributed by atoms with Crippen LogP contribution in [0.5, 0.6) is 0 Å². The summed E-state index contributed by atoms with van der Waals surface area (Å²) in [6, 6.07) is 4.83. The predicted molar refractivity (Wildman–Crippen MR) is 69.0 cm³/mol. The molecule has 0 aliphatic heterocycles.